The lowest BCUT2D eigenvalue weighted by molar-refractivity contribution is 0.411. The van der Waals surface area contributed by atoms with Crippen LogP contribution in [0.25, 0.3) is 0 Å². The molecule has 23 heavy (non-hydrogen) atoms. The fraction of sp³-hybridized carbons (Fsp3) is 0.294. The zero-order valence-electron chi connectivity index (χ0n) is 13.7. The summed E-state index contributed by atoms with van der Waals surface area (Å²) in [6.07, 6.45) is 0. The predicted molar refractivity (Wildman–Crippen MR) is 96.1 cm³/mol. The number of nitrogens with one attached hydrogen (secondary N) is 1. The lowest BCUT2D eigenvalue weighted by Gasteiger charge is -2.15. The van der Waals surface area contributed by atoms with Crippen LogP contribution in [0.2, 0.25) is 0 Å². The molecule has 0 spiro atoms. The maximum absolute atomic E-state index is 12.8. The van der Waals surface area contributed by atoms with Gasteiger partial charge in [0.05, 0.1) is 17.7 Å². The van der Waals surface area contributed by atoms with Crippen molar-refractivity contribution in [3.63, 3.8) is 0 Å². The molecule has 2 rings (SSSR count). The van der Waals surface area contributed by atoms with Gasteiger partial charge in [-0.05, 0) is 55.0 Å². The van der Waals surface area contributed by atoms with Gasteiger partial charge in [-0.1, -0.05) is 19.1 Å². The normalized spacial score (nSPS) is 11.3. The average molecular weight is 351 g/mol. The van der Waals surface area contributed by atoms with E-state index in [1.807, 2.05) is 32.0 Å². The Bertz CT molecular complexity index is 801. The van der Waals surface area contributed by atoms with Crippen molar-refractivity contribution >= 4 is 27.5 Å². The second-order valence-electron chi connectivity index (χ2n) is 5.12. The molecule has 0 bridgehead atoms. The SMILES string of the molecule is CCSc1ccccc1NS(=O)(=O)c1cc(C)c(OC)cc1C. The summed E-state index contributed by atoms with van der Waals surface area (Å²) in [4.78, 5) is 1.19. The highest BCUT2D eigenvalue weighted by Crippen LogP contribution is 2.31. The summed E-state index contributed by atoms with van der Waals surface area (Å²) >= 11 is 1.60. The molecule has 0 saturated carbocycles. The number of benzene rings is 2. The van der Waals surface area contributed by atoms with Crippen LogP contribution in [0.5, 0.6) is 5.75 Å². The Morgan fingerprint density at radius 3 is 2.48 bits per heavy atom. The van der Waals surface area contributed by atoms with E-state index in [0.717, 1.165) is 16.2 Å². The fourth-order valence-electron chi connectivity index (χ4n) is 2.30. The molecule has 124 valence electrons. The van der Waals surface area contributed by atoms with Crippen LogP contribution in [-0.2, 0) is 10.0 Å². The number of rotatable bonds is 6. The molecule has 2 aromatic rings. The van der Waals surface area contributed by atoms with Gasteiger partial charge in [0.25, 0.3) is 10.0 Å². The van der Waals surface area contributed by atoms with Gasteiger partial charge in [-0.2, -0.15) is 0 Å². The van der Waals surface area contributed by atoms with E-state index in [2.05, 4.69) is 4.72 Å². The van der Waals surface area contributed by atoms with Crippen molar-refractivity contribution < 1.29 is 13.2 Å². The van der Waals surface area contributed by atoms with Crippen molar-refractivity contribution in [1.82, 2.24) is 0 Å². The van der Waals surface area contributed by atoms with E-state index in [-0.39, 0.29) is 4.90 Å². The maximum atomic E-state index is 12.8. The molecule has 0 aromatic heterocycles. The number of sulfonamides is 1. The Hall–Kier alpha value is -1.66. The minimum Gasteiger partial charge on any atom is -0.496 e. The number of ether oxygens (including phenoxy) is 1. The van der Waals surface area contributed by atoms with Crippen LogP contribution in [-0.4, -0.2) is 21.3 Å². The number of aryl methyl sites for hydroxylation is 2. The molecule has 1 N–H and O–H groups in total. The molecule has 0 radical (unpaired) electrons. The van der Waals surface area contributed by atoms with Crippen molar-refractivity contribution in [1.29, 1.82) is 0 Å². The van der Waals surface area contributed by atoms with Gasteiger partial charge >= 0.3 is 0 Å². The number of anilines is 1. The summed E-state index contributed by atoms with van der Waals surface area (Å²) in [5, 5.41) is 0. The number of methoxy groups -OCH3 is 1. The molecule has 0 heterocycles. The zero-order chi connectivity index (χ0) is 17.0. The van der Waals surface area contributed by atoms with E-state index >= 15 is 0 Å². The standard InChI is InChI=1S/C17H21NO3S2/c1-5-22-16-9-7-6-8-14(16)18-23(19,20)17-11-12(2)15(21-4)10-13(17)3/h6-11,18H,5H2,1-4H3. The van der Waals surface area contributed by atoms with E-state index in [1.54, 1.807) is 44.0 Å². The molecule has 0 aliphatic heterocycles. The largest absolute Gasteiger partial charge is 0.496 e. The third-order valence-electron chi connectivity index (χ3n) is 3.41. The van der Waals surface area contributed by atoms with Crippen LogP contribution in [0.4, 0.5) is 5.69 Å². The first-order chi connectivity index (χ1) is 10.9. The first kappa shape index (κ1) is 17.7. The molecule has 0 atom stereocenters. The van der Waals surface area contributed by atoms with Crippen LogP contribution in [0, 0.1) is 13.8 Å². The van der Waals surface area contributed by atoms with Crippen molar-refractivity contribution in [2.75, 3.05) is 17.6 Å². The Labute approximate surface area is 142 Å². The summed E-state index contributed by atoms with van der Waals surface area (Å²) in [6, 6.07) is 10.8. The second-order valence-corrected chi connectivity index (χ2v) is 8.08. The minimum absolute atomic E-state index is 0.270. The van der Waals surface area contributed by atoms with Gasteiger partial charge in [0, 0.05) is 4.90 Å². The molecule has 4 nitrogen and oxygen atoms in total. The Kier molecular flexibility index (Phi) is 5.59. The summed E-state index contributed by atoms with van der Waals surface area (Å²) in [7, 11) is -2.08. The summed E-state index contributed by atoms with van der Waals surface area (Å²) in [5.74, 6) is 1.56. The zero-order valence-corrected chi connectivity index (χ0v) is 15.3. The van der Waals surface area contributed by atoms with Gasteiger partial charge in [0.15, 0.2) is 0 Å². The number of para-hydroxylation sites is 1. The van der Waals surface area contributed by atoms with Gasteiger partial charge in [0.2, 0.25) is 0 Å². The van der Waals surface area contributed by atoms with Crippen molar-refractivity contribution in [2.24, 2.45) is 0 Å². The van der Waals surface area contributed by atoms with E-state index in [4.69, 9.17) is 4.74 Å². The van der Waals surface area contributed by atoms with E-state index in [9.17, 15) is 8.42 Å². The third kappa shape index (κ3) is 4.00. The van der Waals surface area contributed by atoms with Crippen molar-refractivity contribution in [2.45, 2.75) is 30.6 Å². The van der Waals surface area contributed by atoms with Crippen LogP contribution in [0.1, 0.15) is 18.1 Å². The minimum atomic E-state index is -3.65. The van der Waals surface area contributed by atoms with Crippen molar-refractivity contribution in [3.05, 3.63) is 47.5 Å². The predicted octanol–water partition coefficient (Wildman–Crippen LogP) is 4.22. The highest BCUT2D eigenvalue weighted by atomic mass is 32.2. The van der Waals surface area contributed by atoms with Gasteiger partial charge in [-0.3, -0.25) is 4.72 Å². The summed E-state index contributed by atoms with van der Waals surface area (Å²) < 4.78 is 33.5. The van der Waals surface area contributed by atoms with E-state index in [1.165, 1.54) is 0 Å². The molecule has 0 aliphatic carbocycles. The number of hydrogen-bond donors (Lipinski definition) is 1. The fourth-order valence-corrected chi connectivity index (χ4v) is 4.52. The van der Waals surface area contributed by atoms with Gasteiger partial charge in [0.1, 0.15) is 5.75 Å². The third-order valence-corrected chi connectivity index (χ3v) is 5.88. The Balaban J connectivity index is 2.42. The molecule has 2 aromatic carbocycles. The first-order valence-electron chi connectivity index (χ1n) is 7.29. The van der Waals surface area contributed by atoms with E-state index < -0.39 is 10.0 Å². The van der Waals surface area contributed by atoms with Crippen LogP contribution in [0.3, 0.4) is 0 Å². The lowest BCUT2D eigenvalue weighted by Crippen LogP contribution is -2.15. The molecule has 0 fully saturated rings. The first-order valence-corrected chi connectivity index (χ1v) is 9.75. The Morgan fingerprint density at radius 2 is 1.83 bits per heavy atom. The lowest BCUT2D eigenvalue weighted by atomic mass is 10.1. The molecule has 0 amide bonds. The van der Waals surface area contributed by atoms with Crippen LogP contribution >= 0.6 is 11.8 Å². The molecule has 0 saturated heterocycles. The van der Waals surface area contributed by atoms with Gasteiger partial charge in [-0.15, -0.1) is 11.8 Å². The maximum Gasteiger partial charge on any atom is 0.262 e. The van der Waals surface area contributed by atoms with Gasteiger partial charge in [-0.25, -0.2) is 8.42 Å². The number of thioether (sulfide) groups is 1. The molecule has 0 aliphatic rings. The highest BCUT2D eigenvalue weighted by Gasteiger charge is 2.20. The Morgan fingerprint density at radius 1 is 1.13 bits per heavy atom. The van der Waals surface area contributed by atoms with Crippen molar-refractivity contribution in [3.8, 4) is 5.75 Å². The molecular formula is C17H21NO3S2. The van der Waals surface area contributed by atoms with Crippen LogP contribution < -0.4 is 9.46 Å². The van der Waals surface area contributed by atoms with E-state index in [0.29, 0.717) is 17.0 Å². The molecule has 6 heteroatoms. The van der Waals surface area contributed by atoms with Gasteiger partial charge < -0.3 is 4.74 Å². The average Bonchev–Trinajstić information content (AvgIpc) is 2.51. The monoisotopic (exact) mass is 351 g/mol. The smallest absolute Gasteiger partial charge is 0.262 e. The second kappa shape index (κ2) is 7.27. The quantitative estimate of drug-likeness (QED) is 0.792. The topological polar surface area (TPSA) is 55.4 Å². The van der Waals surface area contributed by atoms with Crippen LogP contribution in [0.15, 0.2) is 46.2 Å². The molecule has 0 unspecified atom stereocenters. The number of hydrogen-bond acceptors (Lipinski definition) is 4. The highest BCUT2D eigenvalue weighted by molar-refractivity contribution is 7.99. The summed E-state index contributed by atoms with van der Waals surface area (Å²) in [6.45, 7) is 5.63. The molecular weight excluding hydrogens is 330 g/mol. The summed E-state index contributed by atoms with van der Waals surface area (Å²) in [5.41, 5.74) is 2.04.